The van der Waals surface area contributed by atoms with Crippen molar-refractivity contribution in [3.8, 4) is 0 Å². The number of hydrogen-bond acceptors (Lipinski definition) is 4. The maximum Gasteiger partial charge on any atom is 0.320 e. The number of nitrogens with zero attached hydrogens (tertiary/aromatic N) is 2. The third kappa shape index (κ3) is 2.92. The van der Waals surface area contributed by atoms with Crippen LogP contribution in [0.15, 0.2) is 23.3 Å². The molecular formula is C15H18N2O3. The molecule has 2 heterocycles. The Morgan fingerprint density at radius 3 is 2.85 bits per heavy atom. The fourth-order valence-corrected chi connectivity index (χ4v) is 2.37. The predicted molar refractivity (Wildman–Crippen MR) is 75.5 cm³/mol. The first-order valence-electron chi connectivity index (χ1n) is 6.94. The molecule has 20 heavy (non-hydrogen) atoms. The molecule has 1 aromatic rings. The summed E-state index contributed by atoms with van der Waals surface area (Å²) in [5, 5.41) is 9.29. The lowest BCUT2D eigenvalue weighted by Crippen LogP contribution is -2.34. The highest BCUT2D eigenvalue weighted by Gasteiger charge is 2.36. The maximum atomic E-state index is 12.3. The third-order valence-corrected chi connectivity index (χ3v) is 3.43. The second-order valence-corrected chi connectivity index (χ2v) is 4.92. The van der Waals surface area contributed by atoms with Gasteiger partial charge in [-0.3, -0.25) is 9.59 Å². The van der Waals surface area contributed by atoms with E-state index in [1.165, 1.54) is 0 Å². The molecule has 0 amide bonds. The fraction of sp³-hybridized carbons (Fsp3) is 0.467. The number of hydrogen-bond donors (Lipinski definition) is 1. The smallest absolute Gasteiger partial charge is 0.320 e. The van der Waals surface area contributed by atoms with E-state index in [0.717, 1.165) is 25.7 Å². The van der Waals surface area contributed by atoms with Crippen molar-refractivity contribution in [1.82, 2.24) is 4.98 Å². The van der Waals surface area contributed by atoms with Gasteiger partial charge in [0.25, 0.3) is 0 Å². The number of rotatable bonds is 6. The molecule has 1 aliphatic rings. The van der Waals surface area contributed by atoms with Crippen molar-refractivity contribution in [2.24, 2.45) is 10.9 Å². The number of aliphatic carboxylic acids is 1. The minimum atomic E-state index is -1.15. The highest BCUT2D eigenvalue weighted by atomic mass is 16.4. The van der Waals surface area contributed by atoms with Crippen LogP contribution in [0.4, 0.5) is 5.82 Å². The summed E-state index contributed by atoms with van der Waals surface area (Å²) in [5.74, 6) is -2.33. The maximum absolute atomic E-state index is 12.3. The molecule has 0 aliphatic carbocycles. The zero-order chi connectivity index (χ0) is 14.5. The van der Waals surface area contributed by atoms with Crippen molar-refractivity contribution in [2.75, 3.05) is 0 Å². The van der Waals surface area contributed by atoms with Gasteiger partial charge in [0.05, 0.1) is 5.56 Å². The van der Waals surface area contributed by atoms with Crippen LogP contribution in [0.25, 0.3) is 0 Å². The molecule has 0 fully saturated rings. The van der Waals surface area contributed by atoms with Crippen LogP contribution in [-0.2, 0) is 4.79 Å². The Labute approximate surface area is 117 Å². The van der Waals surface area contributed by atoms with Gasteiger partial charge in [-0.2, -0.15) is 0 Å². The van der Waals surface area contributed by atoms with Crippen LogP contribution in [0, 0.1) is 5.92 Å². The lowest BCUT2D eigenvalue weighted by Gasteiger charge is -2.20. The minimum absolute atomic E-state index is 0.303. The van der Waals surface area contributed by atoms with E-state index >= 15 is 0 Å². The van der Waals surface area contributed by atoms with Gasteiger partial charge in [-0.1, -0.05) is 26.2 Å². The number of carbonyl (C=O) groups is 2. The average Bonchev–Trinajstić information content (AvgIpc) is 2.43. The van der Waals surface area contributed by atoms with Gasteiger partial charge >= 0.3 is 5.97 Å². The van der Waals surface area contributed by atoms with Crippen LogP contribution in [0.1, 0.15) is 49.4 Å². The summed E-state index contributed by atoms with van der Waals surface area (Å²) in [6, 6.07) is 3.20. The standard InChI is InChI=1S/C15H18N2O3/c1-2-3-4-5-8-11-12(15(19)20)13(18)10-7-6-9-16-14(10)17-11/h6-7,9,12H,2-5,8H2,1H3,(H,19,20). The quantitative estimate of drug-likeness (QED) is 0.638. The van der Waals surface area contributed by atoms with Gasteiger partial charge in [-0.15, -0.1) is 0 Å². The monoisotopic (exact) mass is 274 g/mol. The molecule has 0 saturated carbocycles. The number of unbranched alkanes of at least 4 members (excludes halogenated alkanes) is 3. The lowest BCUT2D eigenvalue weighted by molar-refractivity contribution is -0.138. The minimum Gasteiger partial charge on any atom is -0.480 e. The second kappa shape index (κ2) is 6.41. The molecule has 1 atom stereocenters. The molecule has 0 radical (unpaired) electrons. The van der Waals surface area contributed by atoms with Crippen LogP contribution in [-0.4, -0.2) is 27.6 Å². The number of ketones is 1. The Morgan fingerprint density at radius 2 is 2.15 bits per heavy atom. The van der Waals surface area contributed by atoms with Crippen molar-refractivity contribution >= 4 is 23.3 Å². The van der Waals surface area contributed by atoms with Crippen molar-refractivity contribution in [3.05, 3.63) is 23.9 Å². The SMILES string of the molecule is CCCCCCC1=Nc2ncccc2C(=O)C1C(=O)O. The van der Waals surface area contributed by atoms with Crippen molar-refractivity contribution < 1.29 is 14.7 Å². The van der Waals surface area contributed by atoms with Crippen molar-refractivity contribution in [3.63, 3.8) is 0 Å². The molecule has 1 aromatic heterocycles. The van der Waals surface area contributed by atoms with E-state index in [1.807, 2.05) is 0 Å². The van der Waals surface area contributed by atoms with Gasteiger partial charge in [-0.05, 0) is 25.0 Å². The number of aliphatic imine (C=N–C) groups is 1. The normalized spacial score (nSPS) is 17.6. The molecule has 5 nitrogen and oxygen atoms in total. The van der Waals surface area contributed by atoms with E-state index in [0.29, 0.717) is 23.5 Å². The molecular weight excluding hydrogens is 256 g/mol. The summed E-state index contributed by atoms with van der Waals surface area (Å²) in [6.45, 7) is 2.11. The van der Waals surface area contributed by atoms with Gasteiger partial charge in [0.1, 0.15) is 0 Å². The van der Waals surface area contributed by atoms with Crippen LogP contribution in [0.5, 0.6) is 0 Å². The van der Waals surface area contributed by atoms with Gasteiger partial charge in [0, 0.05) is 11.9 Å². The van der Waals surface area contributed by atoms with Crippen LogP contribution < -0.4 is 0 Å². The zero-order valence-corrected chi connectivity index (χ0v) is 11.5. The van der Waals surface area contributed by atoms with Gasteiger partial charge < -0.3 is 5.11 Å². The van der Waals surface area contributed by atoms with Gasteiger partial charge in [0.2, 0.25) is 0 Å². The first-order valence-corrected chi connectivity index (χ1v) is 6.94. The highest BCUT2D eigenvalue weighted by Crippen LogP contribution is 2.28. The van der Waals surface area contributed by atoms with E-state index in [4.69, 9.17) is 0 Å². The molecule has 0 saturated heterocycles. The number of pyridine rings is 1. The van der Waals surface area contributed by atoms with Crippen LogP contribution >= 0.6 is 0 Å². The first kappa shape index (κ1) is 14.4. The van der Waals surface area contributed by atoms with E-state index in [9.17, 15) is 14.7 Å². The first-order chi connectivity index (χ1) is 9.65. The van der Waals surface area contributed by atoms with E-state index in [2.05, 4.69) is 16.9 Å². The Kier molecular flexibility index (Phi) is 4.61. The second-order valence-electron chi connectivity index (χ2n) is 4.92. The van der Waals surface area contributed by atoms with E-state index in [1.54, 1.807) is 18.3 Å². The molecule has 1 unspecified atom stereocenters. The number of Topliss-reactive ketones (excluding diaryl/α,β-unsaturated/α-hetero) is 1. The Hall–Kier alpha value is -2.04. The number of carboxylic acids is 1. The summed E-state index contributed by atoms with van der Waals surface area (Å²) < 4.78 is 0. The molecule has 0 spiro atoms. The Morgan fingerprint density at radius 1 is 1.35 bits per heavy atom. The molecule has 1 N–H and O–H groups in total. The Bertz CT molecular complexity index is 552. The van der Waals surface area contributed by atoms with Crippen LogP contribution in [0.2, 0.25) is 0 Å². The number of carboxylic acid groups (broad SMARTS) is 1. The van der Waals surface area contributed by atoms with Gasteiger partial charge in [0.15, 0.2) is 17.5 Å². The molecule has 0 bridgehead atoms. The highest BCUT2D eigenvalue weighted by molar-refractivity contribution is 6.27. The molecule has 2 rings (SSSR count). The molecule has 106 valence electrons. The zero-order valence-electron chi connectivity index (χ0n) is 11.5. The summed E-state index contributed by atoms with van der Waals surface area (Å²) >= 11 is 0. The Balaban J connectivity index is 2.24. The largest absolute Gasteiger partial charge is 0.480 e. The van der Waals surface area contributed by atoms with Crippen molar-refractivity contribution in [2.45, 2.75) is 39.0 Å². The molecule has 5 heteroatoms. The topological polar surface area (TPSA) is 79.6 Å². The van der Waals surface area contributed by atoms with Crippen molar-refractivity contribution in [1.29, 1.82) is 0 Å². The summed E-state index contributed by atoms with van der Waals surface area (Å²) in [4.78, 5) is 32.0. The molecule has 1 aliphatic heterocycles. The predicted octanol–water partition coefficient (Wildman–Crippen LogP) is 3.02. The third-order valence-electron chi connectivity index (χ3n) is 3.43. The average molecular weight is 274 g/mol. The van der Waals surface area contributed by atoms with E-state index in [-0.39, 0.29) is 0 Å². The number of carbonyl (C=O) groups excluding carboxylic acids is 1. The number of fused-ring (bicyclic) bond motifs is 1. The van der Waals surface area contributed by atoms with E-state index < -0.39 is 17.7 Å². The lowest BCUT2D eigenvalue weighted by atomic mass is 9.88. The fourth-order valence-electron chi connectivity index (χ4n) is 2.37. The number of aromatic nitrogens is 1. The summed E-state index contributed by atoms with van der Waals surface area (Å²) in [7, 11) is 0. The summed E-state index contributed by atoms with van der Waals surface area (Å²) in [5.41, 5.74) is 0.738. The molecule has 0 aromatic carbocycles. The van der Waals surface area contributed by atoms with Crippen LogP contribution in [0.3, 0.4) is 0 Å². The van der Waals surface area contributed by atoms with Gasteiger partial charge in [-0.25, -0.2) is 9.98 Å². The summed E-state index contributed by atoms with van der Waals surface area (Å²) in [6.07, 6.45) is 6.19.